The Labute approximate surface area is 166 Å². The number of halogens is 1. The average Bonchev–Trinajstić information content (AvgIpc) is 2.90. The maximum Gasteiger partial charge on any atom is 0.303 e. The third kappa shape index (κ3) is 5.31. The number of carboxylic acids is 1. The highest BCUT2D eigenvalue weighted by Gasteiger charge is 2.35. The third-order valence-corrected chi connectivity index (χ3v) is 5.56. The van der Waals surface area contributed by atoms with Gasteiger partial charge in [0.05, 0.1) is 17.0 Å². The van der Waals surface area contributed by atoms with Crippen LogP contribution in [0.1, 0.15) is 18.4 Å². The van der Waals surface area contributed by atoms with E-state index in [1.54, 1.807) is 0 Å². The second-order valence-corrected chi connectivity index (χ2v) is 8.72. The normalized spacial score (nSPS) is 14.4. The monoisotopic (exact) mass is 428 g/mol. The molecule has 0 atom stereocenters. The summed E-state index contributed by atoms with van der Waals surface area (Å²) in [6.45, 7) is -0.312. The zero-order valence-corrected chi connectivity index (χ0v) is 16.7. The molecule has 0 radical (unpaired) electrons. The van der Waals surface area contributed by atoms with Gasteiger partial charge in [-0.2, -0.15) is 0 Å². The number of benzene rings is 1. The second-order valence-electron chi connectivity index (χ2n) is 6.74. The summed E-state index contributed by atoms with van der Waals surface area (Å²) in [4.78, 5) is 37.4. The molecule has 0 bridgehead atoms. The first-order valence-corrected chi connectivity index (χ1v) is 10.5. The fourth-order valence-electron chi connectivity index (χ4n) is 2.95. The largest absolute Gasteiger partial charge is 0.503 e. The van der Waals surface area contributed by atoms with Gasteiger partial charge in [0, 0.05) is 32.8 Å². The number of hydrogen-bond acceptors (Lipinski definition) is 6. The summed E-state index contributed by atoms with van der Waals surface area (Å²) < 4.78 is 37.2. The molecule has 158 valence electrons. The summed E-state index contributed by atoms with van der Waals surface area (Å²) >= 11 is 0. The molecule has 0 unspecified atom stereocenters. The van der Waals surface area contributed by atoms with Gasteiger partial charge in [-0.05, 0) is 24.1 Å². The van der Waals surface area contributed by atoms with Gasteiger partial charge in [-0.25, -0.2) is 12.8 Å². The molecule has 1 aromatic carbocycles. The van der Waals surface area contributed by atoms with Crippen molar-refractivity contribution >= 4 is 27.6 Å². The number of nitrogens with zero attached hydrogens (tertiary/aromatic N) is 2. The van der Waals surface area contributed by atoms with Crippen LogP contribution < -0.4 is 0 Å². The van der Waals surface area contributed by atoms with Gasteiger partial charge in [0.1, 0.15) is 5.82 Å². The summed E-state index contributed by atoms with van der Waals surface area (Å²) in [5.74, 6) is -3.95. The van der Waals surface area contributed by atoms with Crippen LogP contribution in [0, 0.1) is 5.82 Å². The lowest BCUT2D eigenvalue weighted by Crippen LogP contribution is -2.32. The number of aliphatic hydroxyl groups excluding tert-OH is 1. The Morgan fingerprint density at radius 3 is 2.55 bits per heavy atom. The Morgan fingerprint density at radius 1 is 1.31 bits per heavy atom. The minimum atomic E-state index is -3.74. The van der Waals surface area contributed by atoms with Crippen molar-refractivity contribution in [3.63, 3.8) is 0 Å². The molecule has 1 aliphatic heterocycles. The molecule has 0 aromatic heterocycles. The first kappa shape index (κ1) is 22.3. The summed E-state index contributed by atoms with van der Waals surface area (Å²) in [7, 11) is -2.38. The van der Waals surface area contributed by atoms with E-state index < -0.39 is 39.2 Å². The maximum absolute atomic E-state index is 13.4. The van der Waals surface area contributed by atoms with E-state index in [1.165, 1.54) is 18.0 Å². The SMILES string of the molecule is CN(Cc1ccc(F)cc1S(C)(=O)=O)C(=O)C1=C(O)C(=O)N(CCCC(=O)O)C1. The molecule has 0 spiro atoms. The van der Waals surface area contributed by atoms with Crippen molar-refractivity contribution in [1.29, 1.82) is 0 Å². The molecule has 0 aliphatic carbocycles. The molecule has 1 aromatic rings. The molecule has 0 saturated heterocycles. The highest BCUT2D eigenvalue weighted by molar-refractivity contribution is 7.90. The van der Waals surface area contributed by atoms with E-state index in [-0.39, 0.29) is 48.5 Å². The highest BCUT2D eigenvalue weighted by atomic mass is 32.2. The van der Waals surface area contributed by atoms with Crippen molar-refractivity contribution < 1.29 is 37.4 Å². The summed E-state index contributed by atoms with van der Waals surface area (Å²) in [5.41, 5.74) is 0.0170. The van der Waals surface area contributed by atoms with Gasteiger partial charge in [-0.3, -0.25) is 14.4 Å². The number of hydrogen-bond donors (Lipinski definition) is 2. The van der Waals surface area contributed by atoms with Gasteiger partial charge in [0.25, 0.3) is 11.8 Å². The number of aliphatic carboxylic acids is 1. The number of carbonyl (C=O) groups is 3. The maximum atomic E-state index is 13.4. The Bertz CT molecular complexity index is 988. The Hall–Kier alpha value is -2.95. The van der Waals surface area contributed by atoms with E-state index in [2.05, 4.69) is 0 Å². The lowest BCUT2D eigenvalue weighted by atomic mass is 10.1. The Balaban J connectivity index is 2.15. The number of sulfone groups is 1. The standard InChI is InChI=1S/C18H21FN2O7S/c1-20(9-11-5-6-12(19)8-14(11)29(2,27)28)17(25)13-10-21(18(26)16(13)24)7-3-4-15(22)23/h5-6,8,24H,3-4,7,9-10H2,1-2H3,(H,22,23). The van der Waals surface area contributed by atoms with Crippen LogP contribution in [0.5, 0.6) is 0 Å². The third-order valence-electron chi connectivity index (χ3n) is 4.38. The zero-order valence-electron chi connectivity index (χ0n) is 15.9. The van der Waals surface area contributed by atoms with Gasteiger partial charge in [0.2, 0.25) is 0 Å². The minimum Gasteiger partial charge on any atom is -0.503 e. The van der Waals surface area contributed by atoms with Crippen molar-refractivity contribution in [1.82, 2.24) is 9.80 Å². The van der Waals surface area contributed by atoms with E-state index >= 15 is 0 Å². The number of carboxylic acid groups (broad SMARTS) is 1. The van der Waals surface area contributed by atoms with Crippen LogP contribution in [0.2, 0.25) is 0 Å². The summed E-state index contributed by atoms with van der Waals surface area (Å²) in [5, 5.41) is 18.7. The first-order chi connectivity index (χ1) is 13.4. The Morgan fingerprint density at radius 2 is 1.97 bits per heavy atom. The van der Waals surface area contributed by atoms with Crippen LogP contribution in [-0.2, 0) is 30.8 Å². The smallest absolute Gasteiger partial charge is 0.303 e. The molecule has 2 rings (SSSR count). The molecule has 2 amide bonds. The van der Waals surface area contributed by atoms with E-state index in [0.717, 1.165) is 23.3 Å². The molecule has 29 heavy (non-hydrogen) atoms. The minimum absolute atomic E-state index is 0.0614. The van der Waals surface area contributed by atoms with E-state index in [9.17, 15) is 32.3 Å². The zero-order chi connectivity index (χ0) is 21.9. The molecular weight excluding hydrogens is 407 g/mol. The second kappa shape index (κ2) is 8.60. The number of aliphatic hydroxyl groups is 1. The van der Waals surface area contributed by atoms with E-state index in [4.69, 9.17) is 5.11 Å². The predicted octanol–water partition coefficient (Wildman–Crippen LogP) is 0.707. The van der Waals surface area contributed by atoms with Gasteiger partial charge in [0.15, 0.2) is 15.6 Å². The van der Waals surface area contributed by atoms with Crippen molar-refractivity contribution in [2.24, 2.45) is 0 Å². The van der Waals surface area contributed by atoms with Crippen molar-refractivity contribution in [3.8, 4) is 0 Å². The molecule has 1 aliphatic rings. The van der Waals surface area contributed by atoms with Gasteiger partial charge >= 0.3 is 5.97 Å². The molecule has 9 nitrogen and oxygen atoms in total. The number of rotatable bonds is 8. The topological polar surface area (TPSA) is 132 Å². The fourth-order valence-corrected chi connectivity index (χ4v) is 3.88. The summed E-state index contributed by atoms with van der Waals surface area (Å²) in [6.07, 6.45) is 0.928. The van der Waals surface area contributed by atoms with Crippen molar-refractivity contribution in [3.05, 3.63) is 40.9 Å². The van der Waals surface area contributed by atoms with Crippen LogP contribution in [0.15, 0.2) is 34.4 Å². The quantitative estimate of drug-likeness (QED) is 0.623. The molecular formula is C18H21FN2O7S. The Kier molecular flexibility index (Phi) is 6.62. The number of likely N-dealkylation sites (N-methyl/N-ethyl adjacent to an activating group) is 1. The van der Waals surface area contributed by atoms with Gasteiger partial charge in [-0.15, -0.1) is 0 Å². The average molecular weight is 428 g/mol. The fraction of sp³-hybridized carbons (Fsp3) is 0.389. The first-order valence-electron chi connectivity index (χ1n) is 8.59. The number of carbonyl (C=O) groups excluding carboxylic acids is 2. The molecule has 2 N–H and O–H groups in total. The van der Waals surface area contributed by atoms with Crippen LogP contribution >= 0.6 is 0 Å². The van der Waals surface area contributed by atoms with Gasteiger partial charge in [-0.1, -0.05) is 6.07 Å². The van der Waals surface area contributed by atoms with Crippen LogP contribution in [0.3, 0.4) is 0 Å². The van der Waals surface area contributed by atoms with E-state index in [0.29, 0.717) is 0 Å². The van der Waals surface area contributed by atoms with Crippen LogP contribution in [-0.4, -0.2) is 72.6 Å². The van der Waals surface area contributed by atoms with Crippen molar-refractivity contribution in [2.45, 2.75) is 24.3 Å². The lowest BCUT2D eigenvalue weighted by Gasteiger charge is -2.20. The van der Waals surface area contributed by atoms with Gasteiger partial charge < -0.3 is 20.0 Å². The molecule has 0 fully saturated rings. The van der Waals surface area contributed by atoms with Crippen molar-refractivity contribution in [2.75, 3.05) is 26.4 Å². The highest BCUT2D eigenvalue weighted by Crippen LogP contribution is 2.23. The van der Waals surface area contributed by atoms with Crippen LogP contribution in [0.4, 0.5) is 4.39 Å². The molecule has 0 saturated carbocycles. The van der Waals surface area contributed by atoms with E-state index in [1.807, 2.05) is 0 Å². The predicted molar refractivity (Wildman–Crippen MR) is 99.1 cm³/mol. The summed E-state index contributed by atoms with van der Waals surface area (Å²) in [6, 6.07) is 3.19. The molecule has 11 heteroatoms. The molecule has 1 heterocycles. The number of amides is 2. The lowest BCUT2D eigenvalue weighted by molar-refractivity contribution is -0.137. The van der Waals surface area contributed by atoms with Crippen LogP contribution in [0.25, 0.3) is 0 Å².